The molecule has 2 aliphatic heterocycles. The maximum Gasteiger partial charge on any atom is 0.157 e. The summed E-state index contributed by atoms with van der Waals surface area (Å²) < 4.78 is 23.2. The first-order valence-electron chi connectivity index (χ1n) is 6.98. The van der Waals surface area contributed by atoms with Crippen molar-refractivity contribution in [2.24, 2.45) is 10.4 Å². The van der Waals surface area contributed by atoms with E-state index in [1.807, 2.05) is 6.92 Å². The number of nitrogens with zero attached hydrogens (tertiary/aromatic N) is 1. The van der Waals surface area contributed by atoms with E-state index < -0.39 is 9.84 Å². The zero-order valence-corrected chi connectivity index (χ0v) is 13.7. The Hall–Kier alpha value is -0.230. The third kappa shape index (κ3) is 3.45. The van der Waals surface area contributed by atoms with Crippen molar-refractivity contribution in [1.82, 2.24) is 5.32 Å². The van der Waals surface area contributed by atoms with Crippen LogP contribution in [0, 0.1) is 5.41 Å². The van der Waals surface area contributed by atoms with Crippen LogP contribution < -0.4 is 5.32 Å². The van der Waals surface area contributed by atoms with Gasteiger partial charge in [-0.1, -0.05) is 25.6 Å². The van der Waals surface area contributed by atoms with Crippen molar-refractivity contribution < 1.29 is 8.42 Å². The maximum absolute atomic E-state index is 11.6. The molecule has 0 aromatic heterocycles. The van der Waals surface area contributed by atoms with E-state index in [0.29, 0.717) is 17.6 Å². The number of thioether (sulfide) groups is 1. The van der Waals surface area contributed by atoms with Gasteiger partial charge in [0.15, 0.2) is 15.0 Å². The molecule has 6 heteroatoms. The Morgan fingerprint density at radius 3 is 2.47 bits per heavy atom. The molecule has 1 saturated heterocycles. The van der Waals surface area contributed by atoms with Crippen LogP contribution in [0.3, 0.4) is 0 Å². The van der Waals surface area contributed by atoms with Crippen LogP contribution in [0.15, 0.2) is 4.99 Å². The maximum atomic E-state index is 11.6. The molecule has 2 rings (SSSR count). The molecule has 2 heterocycles. The highest BCUT2D eigenvalue weighted by molar-refractivity contribution is 8.13. The molecule has 0 aromatic carbocycles. The Balaban J connectivity index is 2.01. The van der Waals surface area contributed by atoms with Crippen molar-refractivity contribution in [2.75, 3.05) is 23.8 Å². The predicted molar refractivity (Wildman–Crippen MR) is 82.6 cm³/mol. The van der Waals surface area contributed by atoms with Crippen LogP contribution in [-0.4, -0.2) is 42.9 Å². The highest BCUT2D eigenvalue weighted by Crippen LogP contribution is 2.35. The van der Waals surface area contributed by atoms with Gasteiger partial charge in [0.05, 0.1) is 17.0 Å². The van der Waals surface area contributed by atoms with Crippen LogP contribution in [0.1, 0.15) is 40.0 Å². The summed E-state index contributed by atoms with van der Waals surface area (Å²) in [6.07, 6.45) is 2.99. The Labute approximate surface area is 120 Å². The minimum absolute atomic E-state index is 0.228. The molecule has 4 nitrogen and oxygen atoms in total. The van der Waals surface area contributed by atoms with Crippen molar-refractivity contribution >= 4 is 26.8 Å². The molecule has 1 fully saturated rings. The SMILES string of the molecule is CCC1(CC)CN=C(NC2(C)CCS(=O)(=O)C2)SC1. The van der Waals surface area contributed by atoms with E-state index in [-0.39, 0.29) is 11.3 Å². The van der Waals surface area contributed by atoms with Gasteiger partial charge in [0.25, 0.3) is 0 Å². The normalized spacial score (nSPS) is 32.9. The van der Waals surface area contributed by atoms with Gasteiger partial charge in [-0.2, -0.15) is 0 Å². The van der Waals surface area contributed by atoms with Crippen LogP contribution in [0.2, 0.25) is 0 Å². The summed E-state index contributed by atoms with van der Waals surface area (Å²) in [7, 11) is -2.86. The lowest BCUT2D eigenvalue weighted by Gasteiger charge is -2.35. The van der Waals surface area contributed by atoms with E-state index in [2.05, 4.69) is 24.2 Å². The molecule has 0 aromatic rings. The lowest BCUT2D eigenvalue weighted by atomic mass is 9.84. The number of amidine groups is 1. The van der Waals surface area contributed by atoms with E-state index in [1.54, 1.807) is 11.8 Å². The summed E-state index contributed by atoms with van der Waals surface area (Å²) in [5, 5.41) is 4.30. The monoisotopic (exact) mass is 304 g/mol. The lowest BCUT2D eigenvalue weighted by Crippen LogP contribution is -2.48. The molecule has 1 atom stereocenters. The van der Waals surface area contributed by atoms with Crippen molar-refractivity contribution in [3.8, 4) is 0 Å². The number of hydrogen-bond acceptors (Lipinski definition) is 5. The van der Waals surface area contributed by atoms with E-state index in [9.17, 15) is 8.42 Å². The van der Waals surface area contributed by atoms with Gasteiger partial charge in [0.1, 0.15) is 0 Å². The largest absolute Gasteiger partial charge is 0.359 e. The molecule has 0 spiro atoms. The van der Waals surface area contributed by atoms with Gasteiger partial charge in [-0.05, 0) is 31.6 Å². The second kappa shape index (κ2) is 5.28. The molecule has 1 N–H and O–H groups in total. The molecule has 0 saturated carbocycles. The van der Waals surface area contributed by atoms with Crippen molar-refractivity contribution in [1.29, 1.82) is 0 Å². The number of sulfone groups is 1. The third-order valence-corrected chi connectivity index (χ3v) is 7.65. The summed E-state index contributed by atoms with van der Waals surface area (Å²) in [6, 6.07) is 0. The quantitative estimate of drug-likeness (QED) is 0.867. The Morgan fingerprint density at radius 2 is 2.05 bits per heavy atom. The molecule has 0 bridgehead atoms. The van der Waals surface area contributed by atoms with Crippen LogP contribution in [0.4, 0.5) is 0 Å². The van der Waals surface area contributed by atoms with E-state index in [0.717, 1.165) is 30.3 Å². The first kappa shape index (κ1) is 15.2. The van der Waals surface area contributed by atoms with E-state index >= 15 is 0 Å². The summed E-state index contributed by atoms with van der Waals surface area (Å²) >= 11 is 1.75. The van der Waals surface area contributed by atoms with Gasteiger partial charge in [0.2, 0.25) is 0 Å². The molecule has 0 radical (unpaired) electrons. The minimum atomic E-state index is -2.86. The smallest absolute Gasteiger partial charge is 0.157 e. The molecule has 19 heavy (non-hydrogen) atoms. The summed E-state index contributed by atoms with van der Waals surface area (Å²) in [6.45, 7) is 7.30. The molecule has 2 aliphatic rings. The van der Waals surface area contributed by atoms with Crippen LogP contribution in [0.5, 0.6) is 0 Å². The van der Waals surface area contributed by atoms with Crippen LogP contribution in [0.25, 0.3) is 0 Å². The molecular weight excluding hydrogens is 280 g/mol. The summed E-state index contributed by atoms with van der Waals surface area (Å²) in [5.41, 5.74) is 0.00159. The average Bonchev–Trinajstić information content (AvgIpc) is 2.65. The fraction of sp³-hybridized carbons (Fsp3) is 0.923. The first-order chi connectivity index (χ1) is 8.82. The second-order valence-corrected chi connectivity index (χ2v) is 9.29. The van der Waals surface area contributed by atoms with Crippen molar-refractivity contribution in [3.63, 3.8) is 0 Å². The molecular formula is C13H24N2O2S2. The lowest BCUT2D eigenvalue weighted by molar-refractivity contribution is 0.317. The van der Waals surface area contributed by atoms with Crippen molar-refractivity contribution in [3.05, 3.63) is 0 Å². The van der Waals surface area contributed by atoms with Gasteiger partial charge < -0.3 is 5.32 Å². The fourth-order valence-corrected chi connectivity index (χ4v) is 6.18. The zero-order valence-electron chi connectivity index (χ0n) is 12.0. The Morgan fingerprint density at radius 1 is 1.37 bits per heavy atom. The van der Waals surface area contributed by atoms with Crippen molar-refractivity contribution in [2.45, 2.75) is 45.6 Å². The number of aliphatic imine (C=N–C) groups is 1. The van der Waals surface area contributed by atoms with Gasteiger partial charge >= 0.3 is 0 Å². The molecule has 110 valence electrons. The average molecular weight is 304 g/mol. The standard InChI is InChI=1S/C13H24N2O2S2/c1-4-13(5-2)8-14-11(18-9-13)15-12(3)6-7-19(16,17)10-12/h4-10H2,1-3H3,(H,14,15). The van der Waals surface area contributed by atoms with Crippen LogP contribution >= 0.6 is 11.8 Å². The van der Waals surface area contributed by atoms with Gasteiger partial charge in [-0.15, -0.1) is 0 Å². The topological polar surface area (TPSA) is 58.5 Å². The van der Waals surface area contributed by atoms with E-state index in [1.165, 1.54) is 0 Å². The summed E-state index contributed by atoms with van der Waals surface area (Å²) in [5.74, 6) is 1.60. The first-order valence-corrected chi connectivity index (χ1v) is 9.79. The van der Waals surface area contributed by atoms with E-state index in [4.69, 9.17) is 0 Å². The molecule has 0 aliphatic carbocycles. The number of hydrogen-bond donors (Lipinski definition) is 1. The zero-order chi connectivity index (χ0) is 14.1. The number of rotatable bonds is 3. The minimum Gasteiger partial charge on any atom is -0.359 e. The third-order valence-electron chi connectivity index (χ3n) is 4.49. The molecule has 0 amide bonds. The Bertz CT molecular complexity index is 469. The van der Waals surface area contributed by atoms with Gasteiger partial charge in [0, 0.05) is 12.3 Å². The number of nitrogens with one attached hydrogen (secondary N) is 1. The molecule has 1 unspecified atom stereocenters. The highest BCUT2D eigenvalue weighted by atomic mass is 32.2. The fourth-order valence-electron chi connectivity index (χ4n) is 2.67. The van der Waals surface area contributed by atoms with Gasteiger partial charge in [-0.3, -0.25) is 4.99 Å². The summed E-state index contributed by atoms with van der Waals surface area (Å²) in [4.78, 5) is 4.65. The van der Waals surface area contributed by atoms with Crippen LogP contribution in [-0.2, 0) is 9.84 Å². The predicted octanol–water partition coefficient (Wildman–Crippen LogP) is 2.06. The Kier molecular flexibility index (Phi) is 4.21. The highest BCUT2D eigenvalue weighted by Gasteiger charge is 2.40. The second-order valence-electron chi connectivity index (χ2n) is 6.14. The van der Waals surface area contributed by atoms with Gasteiger partial charge in [-0.25, -0.2) is 8.42 Å².